The smallest absolute Gasteiger partial charge is 0.119 e. The highest BCUT2D eigenvalue weighted by Gasteiger charge is 2.35. The second kappa shape index (κ2) is 9.67. The van der Waals surface area contributed by atoms with Gasteiger partial charge >= 0.3 is 0 Å². The monoisotopic (exact) mass is 419 g/mol. The number of aromatic amines is 1. The number of nitrogens with one attached hydrogen (secondary N) is 1. The molecule has 0 aliphatic carbocycles. The van der Waals surface area contributed by atoms with Crippen molar-refractivity contribution in [3.8, 4) is 17.0 Å². The van der Waals surface area contributed by atoms with Crippen LogP contribution in [0.1, 0.15) is 36.0 Å². The number of rotatable bonds is 8. The van der Waals surface area contributed by atoms with E-state index in [-0.39, 0.29) is 12.0 Å². The Morgan fingerprint density at radius 1 is 1.16 bits per heavy atom. The SMILES string of the molecule is Cc1ccc(C)c(-c2[nH]ncc2CN2CCCC(CO)(CCOc3ccccc3)C2)c1. The van der Waals surface area contributed by atoms with Gasteiger partial charge in [0, 0.05) is 29.6 Å². The van der Waals surface area contributed by atoms with E-state index in [1.54, 1.807) is 0 Å². The van der Waals surface area contributed by atoms with Crippen LogP contribution in [0.15, 0.2) is 54.7 Å². The lowest BCUT2D eigenvalue weighted by Crippen LogP contribution is -2.45. The van der Waals surface area contributed by atoms with Gasteiger partial charge in [0.25, 0.3) is 0 Å². The normalized spacial score (nSPS) is 19.5. The fraction of sp³-hybridized carbons (Fsp3) is 0.423. The molecule has 1 atom stereocenters. The number of benzene rings is 2. The number of H-pyrrole nitrogens is 1. The van der Waals surface area contributed by atoms with Crippen LogP contribution in [-0.2, 0) is 6.54 Å². The summed E-state index contributed by atoms with van der Waals surface area (Å²) in [4.78, 5) is 2.46. The summed E-state index contributed by atoms with van der Waals surface area (Å²) in [6.45, 7) is 7.83. The molecule has 0 amide bonds. The van der Waals surface area contributed by atoms with Crippen LogP contribution in [0.25, 0.3) is 11.3 Å². The Kier molecular flexibility index (Phi) is 6.73. The summed E-state index contributed by atoms with van der Waals surface area (Å²) in [6, 6.07) is 16.5. The van der Waals surface area contributed by atoms with Crippen molar-refractivity contribution in [3.05, 3.63) is 71.4 Å². The third kappa shape index (κ3) is 5.17. The standard InChI is InChI=1S/C26H33N3O2/c1-20-9-10-21(2)24(15-20)25-22(16-27-28-25)17-29-13-6-11-26(18-29,19-30)12-14-31-23-7-4-3-5-8-23/h3-5,7-10,15-16,30H,6,11-14,17-19H2,1-2H3,(H,27,28). The number of aromatic nitrogens is 2. The quantitative estimate of drug-likeness (QED) is 0.554. The molecule has 0 bridgehead atoms. The molecule has 4 rings (SSSR count). The predicted molar refractivity (Wildman–Crippen MR) is 124 cm³/mol. The van der Waals surface area contributed by atoms with Crippen LogP contribution in [0.3, 0.4) is 0 Å². The molecule has 5 heteroatoms. The second-order valence-electron chi connectivity index (χ2n) is 8.97. The Bertz CT molecular complexity index is 985. The van der Waals surface area contributed by atoms with Crippen molar-refractivity contribution in [3.63, 3.8) is 0 Å². The van der Waals surface area contributed by atoms with Crippen LogP contribution in [0.5, 0.6) is 5.75 Å². The number of para-hydroxylation sites is 1. The van der Waals surface area contributed by atoms with E-state index >= 15 is 0 Å². The molecule has 2 heterocycles. The van der Waals surface area contributed by atoms with Gasteiger partial charge in [0.1, 0.15) is 5.75 Å². The van der Waals surface area contributed by atoms with Crippen LogP contribution in [0.4, 0.5) is 0 Å². The number of hydrogen-bond acceptors (Lipinski definition) is 4. The van der Waals surface area contributed by atoms with Crippen LogP contribution >= 0.6 is 0 Å². The molecule has 0 radical (unpaired) electrons. The molecule has 5 nitrogen and oxygen atoms in total. The van der Waals surface area contributed by atoms with E-state index < -0.39 is 0 Å². The number of hydrogen-bond donors (Lipinski definition) is 2. The zero-order valence-corrected chi connectivity index (χ0v) is 18.6. The van der Waals surface area contributed by atoms with Gasteiger partial charge in [-0.2, -0.15) is 5.10 Å². The van der Waals surface area contributed by atoms with Crippen molar-refractivity contribution in [1.29, 1.82) is 0 Å². The maximum absolute atomic E-state index is 10.3. The Morgan fingerprint density at radius 2 is 2.00 bits per heavy atom. The summed E-state index contributed by atoms with van der Waals surface area (Å²) in [6.07, 6.45) is 4.92. The van der Waals surface area contributed by atoms with Gasteiger partial charge in [-0.1, -0.05) is 35.9 Å². The first kappa shape index (κ1) is 21.6. The van der Waals surface area contributed by atoms with Gasteiger partial charge in [-0.15, -0.1) is 0 Å². The summed E-state index contributed by atoms with van der Waals surface area (Å²) in [5.74, 6) is 0.889. The molecular formula is C26H33N3O2. The number of likely N-dealkylation sites (tertiary alicyclic amines) is 1. The largest absolute Gasteiger partial charge is 0.494 e. The van der Waals surface area contributed by atoms with Gasteiger partial charge in [0.15, 0.2) is 0 Å². The van der Waals surface area contributed by atoms with Crippen LogP contribution in [-0.4, -0.2) is 46.5 Å². The van der Waals surface area contributed by atoms with Crippen LogP contribution in [0.2, 0.25) is 0 Å². The minimum atomic E-state index is -0.115. The van der Waals surface area contributed by atoms with E-state index in [0.717, 1.165) is 50.3 Å². The van der Waals surface area contributed by atoms with E-state index in [1.165, 1.54) is 22.3 Å². The zero-order valence-electron chi connectivity index (χ0n) is 18.6. The number of ether oxygens (including phenoxy) is 1. The molecule has 1 aliphatic rings. The third-order valence-corrected chi connectivity index (χ3v) is 6.49. The lowest BCUT2D eigenvalue weighted by Gasteiger charge is -2.42. The van der Waals surface area contributed by atoms with Crippen molar-refractivity contribution in [2.75, 3.05) is 26.3 Å². The Morgan fingerprint density at radius 3 is 2.81 bits per heavy atom. The molecule has 164 valence electrons. The average molecular weight is 420 g/mol. The Labute approximate surface area is 185 Å². The summed E-state index contributed by atoms with van der Waals surface area (Å²) in [7, 11) is 0. The van der Waals surface area contributed by atoms with Gasteiger partial charge in [-0.05, 0) is 63.4 Å². The number of nitrogens with zero attached hydrogens (tertiary/aromatic N) is 2. The first-order chi connectivity index (χ1) is 15.1. The molecular weight excluding hydrogens is 386 g/mol. The molecule has 2 aromatic carbocycles. The van der Waals surface area contributed by atoms with Gasteiger partial charge < -0.3 is 9.84 Å². The van der Waals surface area contributed by atoms with E-state index in [4.69, 9.17) is 4.74 Å². The molecule has 1 unspecified atom stereocenters. The van der Waals surface area contributed by atoms with Crippen molar-refractivity contribution in [1.82, 2.24) is 15.1 Å². The van der Waals surface area contributed by atoms with E-state index in [2.05, 4.69) is 47.1 Å². The van der Waals surface area contributed by atoms with Crippen molar-refractivity contribution < 1.29 is 9.84 Å². The highest BCUT2D eigenvalue weighted by Crippen LogP contribution is 2.35. The number of aryl methyl sites for hydroxylation is 2. The average Bonchev–Trinajstić information content (AvgIpc) is 3.24. The molecule has 0 saturated carbocycles. The Balaban J connectivity index is 1.43. The first-order valence-electron chi connectivity index (χ1n) is 11.2. The fourth-order valence-corrected chi connectivity index (χ4v) is 4.67. The molecule has 2 N–H and O–H groups in total. The van der Waals surface area contributed by atoms with Gasteiger partial charge in [-0.3, -0.25) is 10.00 Å². The van der Waals surface area contributed by atoms with E-state index in [9.17, 15) is 5.11 Å². The van der Waals surface area contributed by atoms with E-state index in [1.807, 2.05) is 36.5 Å². The van der Waals surface area contributed by atoms with Crippen LogP contribution in [0, 0.1) is 19.3 Å². The van der Waals surface area contributed by atoms with Gasteiger partial charge in [-0.25, -0.2) is 0 Å². The maximum Gasteiger partial charge on any atom is 0.119 e. The van der Waals surface area contributed by atoms with Crippen molar-refractivity contribution >= 4 is 0 Å². The molecule has 1 fully saturated rings. The molecule has 1 aromatic heterocycles. The second-order valence-corrected chi connectivity index (χ2v) is 8.97. The molecule has 1 aliphatic heterocycles. The molecule has 3 aromatic rings. The summed E-state index contributed by atoms with van der Waals surface area (Å²) < 4.78 is 5.93. The fourth-order valence-electron chi connectivity index (χ4n) is 4.67. The third-order valence-electron chi connectivity index (χ3n) is 6.49. The topological polar surface area (TPSA) is 61.4 Å². The van der Waals surface area contributed by atoms with Gasteiger partial charge in [0.2, 0.25) is 0 Å². The predicted octanol–water partition coefficient (Wildman–Crippen LogP) is 4.74. The summed E-state index contributed by atoms with van der Waals surface area (Å²) >= 11 is 0. The molecule has 1 saturated heterocycles. The van der Waals surface area contributed by atoms with E-state index in [0.29, 0.717) is 6.61 Å². The minimum absolute atomic E-state index is 0.115. The van der Waals surface area contributed by atoms with Gasteiger partial charge in [0.05, 0.1) is 25.1 Å². The number of piperidine rings is 1. The van der Waals surface area contributed by atoms with Crippen molar-refractivity contribution in [2.24, 2.45) is 5.41 Å². The lowest BCUT2D eigenvalue weighted by molar-refractivity contribution is 0.0129. The highest BCUT2D eigenvalue weighted by atomic mass is 16.5. The minimum Gasteiger partial charge on any atom is -0.494 e. The Hall–Kier alpha value is -2.63. The first-order valence-corrected chi connectivity index (χ1v) is 11.2. The molecule has 31 heavy (non-hydrogen) atoms. The lowest BCUT2D eigenvalue weighted by atomic mass is 9.78. The zero-order chi connectivity index (χ0) is 21.7. The molecule has 0 spiro atoms. The summed E-state index contributed by atoms with van der Waals surface area (Å²) in [5.41, 5.74) is 5.91. The summed E-state index contributed by atoms with van der Waals surface area (Å²) in [5, 5.41) is 17.9. The van der Waals surface area contributed by atoms with Crippen molar-refractivity contribution in [2.45, 2.75) is 39.7 Å². The van der Waals surface area contributed by atoms with Crippen LogP contribution < -0.4 is 4.74 Å². The number of aliphatic hydroxyl groups is 1. The maximum atomic E-state index is 10.3. The number of aliphatic hydroxyl groups excluding tert-OH is 1. The highest BCUT2D eigenvalue weighted by molar-refractivity contribution is 5.67.